The predicted molar refractivity (Wildman–Crippen MR) is 104 cm³/mol. The molecule has 0 saturated carbocycles. The number of fused-ring (bicyclic) bond motifs is 1. The molecule has 0 bridgehead atoms. The molecule has 1 N–H and O–H groups in total. The molecular formula is C21H18N4O2. The molecule has 2 aromatic heterocycles. The Balaban J connectivity index is 1.90. The number of nitrogens with zero attached hydrogens (tertiary/aromatic N) is 4. The van der Waals surface area contributed by atoms with Crippen molar-refractivity contribution >= 4 is 17.2 Å². The lowest BCUT2D eigenvalue weighted by atomic mass is 10.1. The van der Waals surface area contributed by atoms with Crippen molar-refractivity contribution in [2.75, 3.05) is 7.11 Å². The first-order valence-corrected chi connectivity index (χ1v) is 8.49. The summed E-state index contributed by atoms with van der Waals surface area (Å²) in [7, 11) is 1.60. The molecule has 0 aliphatic heterocycles. The van der Waals surface area contributed by atoms with Gasteiger partial charge in [-0.05, 0) is 31.2 Å². The van der Waals surface area contributed by atoms with Crippen LogP contribution in [0, 0.1) is 6.92 Å². The standard InChI is InChI=1S/C21H18N4O2/c1-14-9-11-15(12-10-14)19-21(25-13-5-7-17(26)20(25)22-19)24-23-16-6-3-4-8-18(16)27-2/h3-13,26H,1-2H3. The van der Waals surface area contributed by atoms with Crippen molar-refractivity contribution in [3.63, 3.8) is 0 Å². The van der Waals surface area contributed by atoms with Gasteiger partial charge < -0.3 is 9.84 Å². The average molecular weight is 358 g/mol. The number of benzene rings is 2. The number of hydrogen-bond acceptors (Lipinski definition) is 5. The Morgan fingerprint density at radius 1 is 0.963 bits per heavy atom. The van der Waals surface area contributed by atoms with Crippen LogP contribution in [0.3, 0.4) is 0 Å². The molecule has 0 atom stereocenters. The van der Waals surface area contributed by atoms with Gasteiger partial charge in [0.25, 0.3) is 0 Å². The minimum Gasteiger partial charge on any atom is -0.504 e. The normalized spacial score (nSPS) is 11.3. The van der Waals surface area contributed by atoms with Crippen LogP contribution in [-0.4, -0.2) is 21.6 Å². The average Bonchev–Trinajstić information content (AvgIpc) is 3.07. The number of methoxy groups -OCH3 is 1. The summed E-state index contributed by atoms with van der Waals surface area (Å²) in [5.41, 5.74) is 3.75. The lowest BCUT2D eigenvalue weighted by Crippen LogP contribution is -1.84. The van der Waals surface area contributed by atoms with Crippen LogP contribution >= 0.6 is 0 Å². The molecule has 0 unspecified atom stereocenters. The number of imidazole rings is 1. The topological polar surface area (TPSA) is 71.5 Å². The second-order valence-corrected chi connectivity index (χ2v) is 6.11. The van der Waals surface area contributed by atoms with E-state index in [1.54, 1.807) is 29.8 Å². The molecule has 0 spiro atoms. The van der Waals surface area contributed by atoms with Crippen molar-refractivity contribution < 1.29 is 9.84 Å². The van der Waals surface area contributed by atoms with Gasteiger partial charge in [0.15, 0.2) is 17.2 Å². The van der Waals surface area contributed by atoms with E-state index in [2.05, 4.69) is 15.2 Å². The number of aromatic hydroxyl groups is 1. The van der Waals surface area contributed by atoms with Gasteiger partial charge in [-0.15, -0.1) is 10.2 Å². The van der Waals surface area contributed by atoms with Crippen molar-refractivity contribution in [3.8, 4) is 22.8 Å². The van der Waals surface area contributed by atoms with Gasteiger partial charge in [0.2, 0.25) is 0 Å². The lowest BCUT2D eigenvalue weighted by Gasteiger charge is -2.03. The maximum absolute atomic E-state index is 10.2. The maximum atomic E-state index is 10.2. The molecule has 2 aromatic carbocycles. The van der Waals surface area contributed by atoms with Gasteiger partial charge in [-0.2, -0.15) is 0 Å². The number of rotatable bonds is 4. The highest BCUT2D eigenvalue weighted by atomic mass is 16.5. The fourth-order valence-electron chi connectivity index (χ4n) is 2.86. The number of aryl methyl sites for hydroxylation is 1. The van der Waals surface area contributed by atoms with Gasteiger partial charge in [-0.3, -0.25) is 4.40 Å². The van der Waals surface area contributed by atoms with Gasteiger partial charge in [0.1, 0.15) is 17.1 Å². The quantitative estimate of drug-likeness (QED) is 0.494. The Labute approximate surface area is 156 Å². The van der Waals surface area contributed by atoms with Crippen LogP contribution in [0.4, 0.5) is 11.5 Å². The van der Waals surface area contributed by atoms with Crippen LogP contribution in [0.15, 0.2) is 77.1 Å². The zero-order chi connectivity index (χ0) is 18.8. The molecular weight excluding hydrogens is 340 g/mol. The molecule has 134 valence electrons. The van der Waals surface area contributed by atoms with E-state index >= 15 is 0 Å². The lowest BCUT2D eigenvalue weighted by molar-refractivity contribution is 0.416. The molecule has 0 aliphatic carbocycles. The van der Waals surface area contributed by atoms with E-state index in [9.17, 15) is 5.11 Å². The zero-order valence-electron chi connectivity index (χ0n) is 15.0. The number of azo groups is 1. The largest absolute Gasteiger partial charge is 0.504 e. The monoisotopic (exact) mass is 358 g/mol. The summed E-state index contributed by atoms with van der Waals surface area (Å²) in [6.45, 7) is 2.03. The molecule has 0 aliphatic rings. The van der Waals surface area contributed by atoms with Crippen LogP contribution in [0.2, 0.25) is 0 Å². The highest BCUT2D eigenvalue weighted by molar-refractivity contribution is 5.76. The number of para-hydroxylation sites is 1. The van der Waals surface area contributed by atoms with Gasteiger partial charge in [-0.1, -0.05) is 42.0 Å². The van der Waals surface area contributed by atoms with Crippen molar-refractivity contribution in [1.29, 1.82) is 0 Å². The molecule has 6 heteroatoms. The Hall–Kier alpha value is -3.67. The van der Waals surface area contributed by atoms with E-state index in [4.69, 9.17) is 4.74 Å². The summed E-state index contributed by atoms with van der Waals surface area (Å²) in [6.07, 6.45) is 1.80. The molecule has 27 heavy (non-hydrogen) atoms. The highest BCUT2D eigenvalue weighted by Gasteiger charge is 2.16. The zero-order valence-corrected chi connectivity index (χ0v) is 15.0. The van der Waals surface area contributed by atoms with E-state index < -0.39 is 0 Å². The molecule has 0 fully saturated rings. The van der Waals surface area contributed by atoms with E-state index in [1.807, 2.05) is 55.5 Å². The Morgan fingerprint density at radius 2 is 1.74 bits per heavy atom. The van der Waals surface area contributed by atoms with Gasteiger partial charge >= 0.3 is 0 Å². The van der Waals surface area contributed by atoms with Crippen molar-refractivity contribution in [2.24, 2.45) is 10.2 Å². The van der Waals surface area contributed by atoms with Gasteiger partial charge in [0, 0.05) is 11.8 Å². The number of hydrogen-bond donors (Lipinski definition) is 1. The minimum absolute atomic E-state index is 0.0876. The molecule has 0 saturated heterocycles. The van der Waals surface area contributed by atoms with E-state index in [0.29, 0.717) is 28.6 Å². The Kier molecular flexibility index (Phi) is 4.30. The van der Waals surface area contributed by atoms with Gasteiger partial charge in [0.05, 0.1) is 7.11 Å². The first kappa shape index (κ1) is 16.8. The van der Waals surface area contributed by atoms with Crippen LogP contribution in [-0.2, 0) is 0 Å². The molecule has 4 aromatic rings. The molecule has 2 heterocycles. The summed E-state index contributed by atoms with van der Waals surface area (Å²) in [4.78, 5) is 4.59. The minimum atomic E-state index is 0.0876. The van der Waals surface area contributed by atoms with Crippen molar-refractivity contribution in [3.05, 3.63) is 72.4 Å². The SMILES string of the molecule is COc1ccccc1N=Nc1c(-c2ccc(C)cc2)nc2c(O)cccn12. The third kappa shape index (κ3) is 3.13. The summed E-state index contributed by atoms with van der Waals surface area (Å²) >= 11 is 0. The third-order valence-electron chi connectivity index (χ3n) is 4.27. The smallest absolute Gasteiger partial charge is 0.187 e. The molecule has 4 rings (SSSR count). The third-order valence-corrected chi connectivity index (χ3v) is 4.27. The summed E-state index contributed by atoms with van der Waals surface area (Å²) in [6, 6.07) is 18.7. The Morgan fingerprint density at radius 3 is 2.52 bits per heavy atom. The van der Waals surface area contributed by atoms with Crippen LogP contribution in [0.25, 0.3) is 16.9 Å². The second kappa shape index (κ2) is 6.92. The fraction of sp³-hybridized carbons (Fsp3) is 0.0952. The number of ether oxygens (including phenoxy) is 1. The summed E-state index contributed by atoms with van der Waals surface area (Å²) in [5.74, 6) is 1.26. The van der Waals surface area contributed by atoms with Crippen LogP contribution < -0.4 is 4.74 Å². The van der Waals surface area contributed by atoms with Crippen molar-refractivity contribution in [1.82, 2.24) is 9.38 Å². The maximum Gasteiger partial charge on any atom is 0.187 e. The van der Waals surface area contributed by atoms with E-state index in [1.165, 1.54) is 0 Å². The van der Waals surface area contributed by atoms with E-state index in [-0.39, 0.29) is 5.75 Å². The highest BCUT2D eigenvalue weighted by Crippen LogP contribution is 2.36. The van der Waals surface area contributed by atoms with Crippen molar-refractivity contribution in [2.45, 2.75) is 6.92 Å². The predicted octanol–water partition coefficient (Wildman–Crippen LogP) is 5.44. The fourth-order valence-corrected chi connectivity index (χ4v) is 2.86. The first-order chi connectivity index (χ1) is 13.2. The second-order valence-electron chi connectivity index (χ2n) is 6.11. The number of aromatic nitrogens is 2. The molecule has 0 radical (unpaired) electrons. The van der Waals surface area contributed by atoms with Gasteiger partial charge in [-0.25, -0.2) is 4.98 Å². The number of pyridine rings is 1. The Bertz CT molecular complexity index is 1130. The van der Waals surface area contributed by atoms with E-state index in [0.717, 1.165) is 11.1 Å². The summed E-state index contributed by atoms with van der Waals surface area (Å²) < 4.78 is 7.06. The summed E-state index contributed by atoms with van der Waals surface area (Å²) in [5, 5.41) is 19.0. The molecule has 6 nitrogen and oxygen atoms in total. The molecule has 0 amide bonds. The van der Waals surface area contributed by atoms with Crippen LogP contribution in [0.5, 0.6) is 11.5 Å². The first-order valence-electron chi connectivity index (χ1n) is 8.49. The van der Waals surface area contributed by atoms with Crippen LogP contribution in [0.1, 0.15) is 5.56 Å².